The van der Waals surface area contributed by atoms with Crippen LogP contribution in [0.1, 0.15) is 10.4 Å². The van der Waals surface area contributed by atoms with E-state index in [0.29, 0.717) is 43.3 Å². The fraction of sp³-hybridized carbons (Fsp3) is 0.438. The molecule has 1 atom stereocenters. The molecule has 0 aromatic heterocycles. The fourth-order valence-electron chi connectivity index (χ4n) is 2.78. The number of anilines is 1. The quantitative estimate of drug-likeness (QED) is 0.803. The lowest BCUT2D eigenvalue weighted by Gasteiger charge is -2.27. The van der Waals surface area contributed by atoms with Gasteiger partial charge in [0.1, 0.15) is 12.4 Å². The molecule has 1 saturated heterocycles. The minimum Gasteiger partial charge on any atom is -0.487 e. The third-order valence-corrected chi connectivity index (χ3v) is 4.12. The summed E-state index contributed by atoms with van der Waals surface area (Å²) in [5, 5.41) is 0. The molecule has 0 bridgehead atoms. The Hall–Kier alpha value is -2.81. The Morgan fingerprint density at radius 3 is 2.68 bits per heavy atom. The van der Waals surface area contributed by atoms with Crippen LogP contribution in [-0.4, -0.2) is 68.9 Å². The lowest BCUT2D eigenvalue weighted by molar-refractivity contribution is -0.127. The molecule has 25 heavy (non-hydrogen) atoms. The number of ether oxygens (including phenoxy) is 3. The van der Waals surface area contributed by atoms with Crippen LogP contribution in [0.5, 0.6) is 5.75 Å². The number of fused-ring (bicyclic) bond motifs is 1. The molecule has 134 valence electrons. The van der Waals surface area contributed by atoms with Gasteiger partial charge in [-0.05, 0) is 18.2 Å². The average Bonchev–Trinajstić information content (AvgIpc) is 2.73. The van der Waals surface area contributed by atoms with Crippen molar-refractivity contribution in [2.24, 2.45) is 5.73 Å². The van der Waals surface area contributed by atoms with E-state index in [1.165, 1.54) is 11.9 Å². The highest BCUT2D eigenvalue weighted by molar-refractivity contribution is 6.01. The van der Waals surface area contributed by atoms with Gasteiger partial charge >= 0.3 is 6.09 Å². The van der Waals surface area contributed by atoms with E-state index in [9.17, 15) is 14.4 Å². The van der Waals surface area contributed by atoms with E-state index in [4.69, 9.17) is 19.9 Å². The van der Waals surface area contributed by atoms with Crippen molar-refractivity contribution in [3.63, 3.8) is 0 Å². The van der Waals surface area contributed by atoms with E-state index in [0.717, 1.165) is 0 Å². The molecule has 9 heteroatoms. The summed E-state index contributed by atoms with van der Waals surface area (Å²) >= 11 is 0. The number of hydrogen-bond donors (Lipinski definition) is 1. The number of rotatable bonds is 2. The zero-order valence-electron chi connectivity index (χ0n) is 13.8. The summed E-state index contributed by atoms with van der Waals surface area (Å²) in [5.74, 6) is -0.195. The molecular formula is C16H19N3O6. The number of carbonyl (C=O) groups is 3. The highest BCUT2D eigenvalue weighted by Crippen LogP contribution is 2.32. The van der Waals surface area contributed by atoms with Crippen molar-refractivity contribution < 1.29 is 28.6 Å². The van der Waals surface area contributed by atoms with Crippen molar-refractivity contribution in [1.29, 1.82) is 0 Å². The molecule has 1 fully saturated rings. The number of benzene rings is 1. The summed E-state index contributed by atoms with van der Waals surface area (Å²) in [6.45, 7) is 1.91. The number of hydrogen-bond acceptors (Lipinski definition) is 6. The maximum Gasteiger partial charge on any atom is 0.405 e. The number of nitrogens with two attached hydrogens (primary N) is 1. The standard InChI is InChI=1S/C16H19N3O6/c1-18-11-8-10(14(20)19-4-6-23-7-5-19)2-3-12(11)24-9-13(15(18)21)25-16(17)22/h2-3,8,13H,4-7,9H2,1H3,(H2,17,22)/t13-/m0/s1. The molecule has 0 aliphatic carbocycles. The van der Waals surface area contributed by atoms with E-state index in [1.54, 1.807) is 23.1 Å². The molecule has 2 aliphatic rings. The number of morpholine rings is 1. The molecule has 3 amide bonds. The van der Waals surface area contributed by atoms with E-state index in [2.05, 4.69) is 0 Å². The Morgan fingerprint density at radius 1 is 1.28 bits per heavy atom. The van der Waals surface area contributed by atoms with Crippen LogP contribution in [0.3, 0.4) is 0 Å². The molecule has 9 nitrogen and oxygen atoms in total. The van der Waals surface area contributed by atoms with Gasteiger partial charge in [0.05, 0.1) is 18.9 Å². The van der Waals surface area contributed by atoms with Gasteiger partial charge in [-0.25, -0.2) is 4.79 Å². The van der Waals surface area contributed by atoms with E-state index in [1.807, 2.05) is 0 Å². The maximum absolute atomic E-state index is 12.6. The Bertz CT molecular complexity index is 701. The highest BCUT2D eigenvalue weighted by atomic mass is 16.6. The van der Waals surface area contributed by atoms with Crippen molar-refractivity contribution in [3.05, 3.63) is 23.8 Å². The van der Waals surface area contributed by atoms with E-state index < -0.39 is 18.1 Å². The molecule has 3 rings (SSSR count). The summed E-state index contributed by atoms with van der Waals surface area (Å²) in [7, 11) is 1.52. The summed E-state index contributed by atoms with van der Waals surface area (Å²) in [6.07, 6.45) is -2.18. The first-order valence-corrected chi connectivity index (χ1v) is 7.85. The summed E-state index contributed by atoms with van der Waals surface area (Å²) in [4.78, 5) is 39.0. The monoisotopic (exact) mass is 349 g/mol. The minimum absolute atomic E-state index is 0.138. The Balaban J connectivity index is 1.85. The number of nitrogens with zero attached hydrogens (tertiary/aromatic N) is 2. The van der Waals surface area contributed by atoms with Crippen molar-refractivity contribution in [2.45, 2.75) is 6.10 Å². The van der Waals surface area contributed by atoms with Gasteiger partial charge in [-0.2, -0.15) is 0 Å². The van der Waals surface area contributed by atoms with Crippen LogP contribution in [0.4, 0.5) is 10.5 Å². The molecule has 0 spiro atoms. The predicted octanol–water partition coefficient (Wildman–Crippen LogP) is -0.0219. The molecule has 2 heterocycles. The summed E-state index contributed by atoms with van der Waals surface area (Å²) < 4.78 is 15.6. The van der Waals surface area contributed by atoms with E-state index >= 15 is 0 Å². The lowest BCUT2D eigenvalue weighted by atomic mass is 10.1. The number of carbonyl (C=O) groups excluding carboxylic acids is 3. The highest BCUT2D eigenvalue weighted by Gasteiger charge is 2.32. The zero-order valence-corrected chi connectivity index (χ0v) is 13.8. The maximum atomic E-state index is 12.6. The average molecular weight is 349 g/mol. The molecule has 0 unspecified atom stereocenters. The first kappa shape index (κ1) is 17.0. The fourth-order valence-corrected chi connectivity index (χ4v) is 2.78. The van der Waals surface area contributed by atoms with Gasteiger partial charge in [0.15, 0.2) is 0 Å². The van der Waals surface area contributed by atoms with Gasteiger partial charge in [-0.1, -0.05) is 0 Å². The zero-order chi connectivity index (χ0) is 18.0. The molecule has 1 aromatic carbocycles. The van der Waals surface area contributed by atoms with Crippen LogP contribution >= 0.6 is 0 Å². The smallest absolute Gasteiger partial charge is 0.405 e. The first-order chi connectivity index (χ1) is 12.0. The van der Waals surface area contributed by atoms with Gasteiger partial charge < -0.3 is 29.7 Å². The Kier molecular flexibility index (Phi) is 4.75. The van der Waals surface area contributed by atoms with Crippen molar-refractivity contribution in [1.82, 2.24) is 4.90 Å². The molecule has 2 N–H and O–H groups in total. The molecule has 1 aromatic rings. The third kappa shape index (κ3) is 3.50. The number of likely N-dealkylation sites (N-methyl/N-ethyl adjacent to an activating group) is 1. The van der Waals surface area contributed by atoms with Crippen LogP contribution in [-0.2, 0) is 14.3 Å². The topological polar surface area (TPSA) is 111 Å². The normalized spacial score (nSPS) is 20.4. The summed E-state index contributed by atoms with van der Waals surface area (Å²) in [6, 6.07) is 4.86. The molecule has 0 radical (unpaired) electrons. The van der Waals surface area contributed by atoms with Gasteiger partial charge in [0.25, 0.3) is 11.8 Å². The lowest BCUT2D eigenvalue weighted by Crippen LogP contribution is -2.42. The first-order valence-electron chi connectivity index (χ1n) is 7.85. The van der Waals surface area contributed by atoms with E-state index in [-0.39, 0.29) is 12.5 Å². The van der Waals surface area contributed by atoms with Crippen molar-refractivity contribution in [3.8, 4) is 5.75 Å². The SMILES string of the molecule is CN1C(=O)[C@@H](OC(N)=O)COc2ccc(C(=O)N3CCOCC3)cc21. The number of amides is 3. The predicted molar refractivity (Wildman–Crippen MR) is 86.5 cm³/mol. The molecule has 2 aliphatic heterocycles. The largest absolute Gasteiger partial charge is 0.487 e. The minimum atomic E-state index is -1.13. The molecular weight excluding hydrogens is 330 g/mol. The second kappa shape index (κ2) is 6.98. The second-order valence-electron chi connectivity index (χ2n) is 5.72. The van der Waals surface area contributed by atoms with Gasteiger partial charge in [0.2, 0.25) is 6.10 Å². The summed E-state index contributed by atoms with van der Waals surface area (Å²) in [5.41, 5.74) is 5.86. The van der Waals surface area contributed by atoms with Crippen molar-refractivity contribution in [2.75, 3.05) is 44.9 Å². The van der Waals surface area contributed by atoms with Crippen LogP contribution in [0.25, 0.3) is 0 Å². The molecule has 0 saturated carbocycles. The number of primary amides is 1. The Morgan fingerprint density at radius 2 is 2.00 bits per heavy atom. The van der Waals surface area contributed by atoms with Crippen LogP contribution < -0.4 is 15.4 Å². The van der Waals surface area contributed by atoms with Gasteiger partial charge in [-0.15, -0.1) is 0 Å². The van der Waals surface area contributed by atoms with Gasteiger partial charge in [0, 0.05) is 25.7 Å². The van der Waals surface area contributed by atoms with Crippen LogP contribution in [0, 0.1) is 0 Å². The van der Waals surface area contributed by atoms with Crippen LogP contribution in [0.2, 0.25) is 0 Å². The third-order valence-electron chi connectivity index (χ3n) is 4.12. The Labute approximate surface area is 144 Å². The van der Waals surface area contributed by atoms with Crippen LogP contribution in [0.15, 0.2) is 18.2 Å². The second-order valence-corrected chi connectivity index (χ2v) is 5.72. The van der Waals surface area contributed by atoms with Gasteiger partial charge in [-0.3, -0.25) is 9.59 Å². The van der Waals surface area contributed by atoms with Crippen molar-refractivity contribution >= 4 is 23.6 Å².